The number of sulfonamides is 1. The first kappa shape index (κ1) is 22.3. The second-order valence-electron chi connectivity index (χ2n) is 7.08. The highest BCUT2D eigenvalue weighted by Crippen LogP contribution is 2.27. The van der Waals surface area contributed by atoms with Crippen molar-refractivity contribution in [1.82, 2.24) is 4.31 Å². The Hall–Kier alpha value is -2.43. The zero-order valence-electron chi connectivity index (χ0n) is 16.8. The maximum atomic E-state index is 12.9. The van der Waals surface area contributed by atoms with Gasteiger partial charge in [0.1, 0.15) is 5.75 Å². The first-order chi connectivity index (χ1) is 14.1. The lowest BCUT2D eigenvalue weighted by Crippen LogP contribution is -2.35. The van der Waals surface area contributed by atoms with Crippen molar-refractivity contribution in [3.05, 3.63) is 48.0 Å². The SMILES string of the molecule is COc1ccc(S(=O)(=O)N2CCCCC2)cc1C(=O)Nc1ccc(S(C)(=O)=O)cc1. The van der Waals surface area contributed by atoms with Gasteiger partial charge in [-0.15, -0.1) is 0 Å². The van der Waals surface area contributed by atoms with Crippen LogP contribution in [0.25, 0.3) is 0 Å². The van der Waals surface area contributed by atoms with E-state index in [0.29, 0.717) is 18.8 Å². The smallest absolute Gasteiger partial charge is 0.259 e. The van der Waals surface area contributed by atoms with Crippen LogP contribution in [-0.2, 0) is 19.9 Å². The van der Waals surface area contributed by atoms with E-state index in [1.165, 1.54) is 53.9 Å². The zero-order chi connectivity index (χ0) is 21.9. The number of anilines is 1. The standard InChI is InChI=1S/C20H24N2O6S2/c1-28-19-11-10-17(30(26,27)22-12-4-3-5-13-22)14-18(19)20(23)21-15-6-8-16(9-7-15)29(2,24)25/h6-11,14H,3-5,12-13H2,1-2H3,(H,21,23). The summed E-state index contributed by atoms with van der Waals surface area (Å²) in [5.41, 5.74) is 0.446. The van der Waals surface area contributed by atoms with E-state index in [1.54, 1.807) is 0 Å². The van der Waals surface area contributed by atoms with E-state index in [1.807, 2.05) is 0 Å². The monoisotopic (exact) mass is 452 g/mol. The van der Waals surface area contributed by atoms with Gasteiger partial charge in [0, 0.05) is 25.0 Å². The summed E-state index contributed by atoms with van der Waals surface area (Å²) in [6.45, 7) is 0.922. The average molecular weight is 453 g/mol. The van der Waals surface area contributed by atoms with Gasteiger partial charge in [-0.05, 0) is 55.3 Å². The van der Waals surface area contributed by atoms with Crippen molar-refractivity contribution in [2.75, 3.05) is 31.8 Å². The molecule has 0 bridgehead atoms. The summed E-state index contributed by atoms with van der Waals surface area (Å²) >= 11 is 0. The summed E-state index contributed by atoms with van der Waals surface area (Å²) in [7, 11) is -5.66. The fourth-order valence-electron chi connectivity index (χ4n) is 3.26. The van der Waals surface area contributed by atoms with E-state index in [2.05, 4.69) is 5.32 Å². The lowest BCUT2D eigenvalue weighted by atomic mass is 10.2. The Kier molecular flexibility index (Phi) is 6.49. The van der Waals surface area contributed by atoms with Crippen molar-refractivity contribution in [3.8, 4) is 5.75 Å². The molecule has 1 aliphatic heterocycles. The quantitative estimate of drug-likeness (QED) is 0.721. The van der Waals surface area contributed by atoms with Crippen LogP contribution in [0.5, 0.6) is 5.75 Å². The van der Waals surface area contributed by atoms with Crippen molar-refractivity contribution in [1.29, 1.82) is 0 Å². The minimum Gasteiger partial charge on any atom is -0.496 e. The molecule has 0 atom stereocenters. The predicted molar refractivity (Wildman–Crippen MR) is 113 cm³/mol. The Labute approximate surface area is 176 Å². The average Bonchev–Trinajstić information content (AvgIpc) is 2.73. The molecule has 1 saturated heterocycles. The highest BCUT2D eigenvalue weighted by atomic mass is 32.2. The van der Waals surface area contributed by atoms with E-state index in [9.17, 15) is 21.6 Å². The summed E-state index contributed by atoms with van der Waals surface area (Å²) in [4.78, 5) is 13.0. The maximum absolute atomic E-state index is 12.9. The van der Waals surface area contributed by atoms with Gasteiger partial charge in [0.05, 0.1) is 22.5 Å². The van der Waals surface area contributed by atoms with E-state index in [-0.39, 0.29) is 21.1 Å². The minimum absolute atomic E-state index is 0.0303. The molecule has 1 aliphatic rings. The van der Waals surface area contributed by atoms with Crippen molar-refractivity contribution in [2.24, 2.45) is 0 Å². The highest BCUT2D eigenvalue weighted by Gasteiger charge is 2.27. The molecule has 0 aliphatic carbocycles. The van der Waals surface area contributed by atoms with Crippen LogP contribution in [0.2, 0.25) is 0 Å². The molecule has 1 amide bonds. The summed E-state index contributed by atoms with van der Waals surface area (Å²) < 4.78 is 55.7. The van der Waals surface area contributed by atoms with Gasteiger partial charge in [-0.3, -0.25) is 4.79 Å². The molecule has 1 heterocycles. The Morgan fingerprint density at radius 2 is 1.53 bits per heavy atom. The Bertz CT molecular complexity index is 1140. The molecule has 0 spiro atoms. The number of nitrogens with zero attached hydrogens (tertiary/aromatic N) is 1. The Morgan fingerprint density at radius 3 is 2.10 bits per heavy atom. The van der Waals surface area contributed by atoms with E-state index < -0.39 is 25.8 Å². The molecule has 0 aromatic heterocycles. The molecular formula is C20H24N2O6S2. The summed E-state index contributed by atoms with van der Waals surface area (Å²) in [6.07, 6.45) is 3.72. The first-order valence-electron chi connectivity index (χ1n) is 9.42. The number of methoxy groups -OCH3 is 1. The van der Waals surface area contributed by atoms with Crippen LogP contribution in [-0.4, -0.2) is 53.5 Å². The maximum Gasteiger partial charge on any atom is 0.259 e. The van der Waals surface area contributed by atoms with Crippen LogP contribution < -0.4 is 10.1 Å². The normalized spacial score (nSPS) is 15.5. The Balaban J connectivity index is 1.88. The van der Waals surface area contributed by atoms with Crippen LogP contribution in [0.4, 0.5) is 5.69 Å². The van der Waals surface area contributed by atoms with Crippen molar-refractivity contribution >= 4 is 31.5 Å². The van der Waals surface area contributed by atoms with Gasteiger partial charge < -0.3 is 10.1 Å². The molecule has 8 nitrogen and oxygen atoms in total. The number of carbonyl (C=O) groups is 1. The van der Waals surface area contributed by atoms with Crippen molar-refractivity contribution in [2.45, 2.75) is 29.1 Å². The molecule has 1 fully saturated rings. The van der Waals surface area contributed by atoms with E-state index >= 15 is 0 Å². The zero-order valence-corrected chi connectivity index (χ0v) is 18.4. The van der Waals surface area contributed by atoms with Crippen LogP contribution in [0.1, 0.15) is 29.6 Å². The van der Waals surface area contributed by atoms with Gasteiger partial charge in [0.15, 0.2) is 9.84 Å². The largest absolute Gasteiger partial charge is 0.496 e. The number of amides is 1. The number of nitrogens with one attached hydrogen (secondary N) is 1. The topological polar surface area (TPSA) is 110 Å². The lowest BCUT2D eigenvalue weighted by molar-refractivity contribution is 0.102. The van der Waals surface area contributed by atoms with Crippen LogP contribution >= 0.6 is 0 Å². The third kappa shape index (κ3) is 4.82. The number of hydrogen-bond acceptors (Lipinski definition) is 6. The molecule has 0 radical (unpaired) electrons. The number of sulfone groups is 1. The Morgan fingerprint density at radius 1 is 0.933 bits per heavy atom. The second-order valence-corrected chi connectivity index (χ2v) is 11.0. The van der Waals surface area contributed by atoms with Gasteiger partial charge in [-0.1, -0.05) is 6.42 Å². The molecule has 2 aromatic rings. The van der Waals surface area contributed by atoms with Gasteiger partial charge in [0.25, 0.3) is 5.91 Å². The summed E-state index contributed by atoms with van der Waals surface area (Å²) in [6, 6.07) is 9.91. The fourth-order valence-corrected chi connectivity index (χ4v) is 5.44. The van der Waals surface area contributed by atoms with E-state index in [0.717, 1.165) is 25.5 Å². The molecule has 2 aromatic carbocycles. The predicted octanol–water partition coefficient (Wildman–Crippen LogP) is 2.53. The number of rotatable bonds is 6. The summed E-state index contributed by atoms with van der Waals surface area (Å²) in [5.74, 6) is -0.326. The van der Waals surface area contributed by atoms with Crippen LogP contribution in [0.15, 0.2) is 52.3 Å². The van der Waals surface area contributed by atoms with Gasteiger partial charge in [0.2, 0.25) is 10.0 Å². The van der Waals surface area contributed by atoms with Crippen LogP contribution in [0, 0.1) is 0 Å². The molecule has 0 saturated carbocycles. The third-order valence-corrected chi connectivity index (χ3v) is 7.93. The molecule has 0 unspecified atom stereocenters. The van der Waals surface area contributed by atoms with Crippen molar-refractivity contribution in [3.63, 3.8) is 0 Å². The number of piperidine rings is 1. The lowest BCUT2D eigenvalue weighted by Gasteiger charge is -2.26. The molecule has 3 rings (SSSR count). The molecular weight excluding hydrogens is 428 g/mol. The third-order valence-electron chi connectivity index (χ3n) is 4.91. The van der Waals surface area contributed by atoms with E-state index in [4.69, 9.17) is 4.74 Å². The summed E-state index contributed by atoms with van der Waals surface area (Å²) in [5, 5.41) is 2.65. The number of benzene rings is 2. The second kappa shape index (κ2) is 8.75. The fraction of sp³-hybridized carbons (Fsp3) is 0.350. The number of ether oxygens (including phenoxy) is 1. The molecule has 30 heavy (non-hydrogen) atoms. The molecule has 162 valence electrons. The van der Waals surface area contributed by atoms with Crippen molar-refractivity contribution < 1.29 is 26.4 Å². The highest BCUT2D eigenvalue weighted by molar-refractivity contribution is 7.90. The van der Waals surface area contributed by atoms with Gasteiger partial charge in [-0.25, -0.2) is 16.8 Å². The van der Waals surface area contributed by atoms with Crippen LogP contribution in [0.3, 0.4) is 0 Å². The first-order valence-corrected chi connectivity index (χ1v) is 12.8. The minimum atomic E-state index is -3.71. The number of hydrogen-bond donors (Lipinski definition) is 1. The number of carbonyl (C=O) groups excluding carboxylic acids is 1. The van der Waals surface area contributed by atoms with Gasteiger partial charge >= 0.3 is 0 Å². The molecule has 1 N–H and O–H groups in total. The van der Waals surface area contributed by atoms with Gasteiger partial charge in [-0.2, -0.15) is 4.31 Å². The molecule has 10 heteroatoms.